The minimum Gasteiger partial charge on any atom is -0.395 e. The molecule has 1 aliphatic rings. The van der Waals surface area contributed by atoms with Crippen molar-refractivity contribution in [2.75, 3.05) is 37.7 Å². The highest BCUT2D eigenvalue weighted by molar-refractivity contribution is 5.41. The maximum Gasteiger partial charge on any atom is 0.142 e. The van der Waals surface area contributed by atoms with E-state index in [1.807, 2.05) is 19.1 Å². The summed E-state index contributed by atoms with van der Waals surface area (Å²) in [5, 5.41) is 18.1. The smallest absolute Gasteiger partial charge is 0.142 e. The minimum absolute atomic E-state index is 0.197. The lowest BCUT2D eigenvalue weighted by Gasteiger charge is -2.26. The minimum atomic E-state index is 0.197. The summed E-state index contributed by atoms with van der Waals surface area (Å²) in [6.07, 6.45) is 1.04. The van der Waals surface area contributed by atoms with Gasteiger partial charge >= 0.3 is 0 Å². The number of aliphatic hydroxyl groups is 1. The van der Waals surface area contributed by atoms with Crippen LogP contribution in [0.2, 0.25) is 0 Å². The summed E-state index contributed by atoms with van der Waals surface area (Å²) in [4.78, 5) is 8.86. The number of anilines is 1. The zero-order valence-electron chi connectivity index (χ0n) is 11.3. The molecule has 1 N–H and O–H groups in total. The van der Waals surface area contributed by atoms with Crippen LogP contribution in [0.15, 0.2) is 18.2 Å². The first kappa shape index (κ1) is 13.8. The van der Waals surface area contributed by atoms with Crippen LogP contribution in [0.25, 0.3) is 0 Å². The molecule has 0 aliphatic carbocycles. The van der Waals surface area contributed by atoms with Crippen molar-refractivity contribution >= 4 is 5.82 Å². The molecule has 1 aliphatic heterocycles. The fourth-order valence-corrected chi connectivity index (χ4v) is 2.38. The summed E-state index contributed by atoms with van der Waals surface area (Å²) in [6.45, 7) is 5.98. The van der Waals surface area contributed by atoms with Crippen molar-refractivity contribution in [3.8, 4) is 6.07 Å². The molecule has 1 atom stereocenters. The van der Waals surface area contributed by atoms with Crippen molar-refractivity contribution in [1.29, 1.82) is 5.26 Å². The Balaban J connectivity index is 2.04. The van der Waals surface area contributed by atoms with Gasteiger partial charge in [0, 0.05) is 32.2 Å². The van der Waals surface area contributed by atoms with Crippen LogP contribution in [0.3, 0.4) is 0 Å². The summed E-state index contributed by atoms with van der Waals surface area (Å²) < 4.78 is 0. The molecule has 1 saturated heterocycles. The molecule has 2 rings (SSSR count). The van der Waals surface area contributed by atoms with Gasteiger partial charge in [-0.15, -0.1) is 0 Å². The van der Waals surface area contributed by atoms with Crippen LogP contribution in [-0.4, -0.2) is 53.8 Å². The molecule has 0 bridgehead atoms. The van der Waals surface area contributed by atoms with Crippen LogP contribution in [0.4, 0.5) is 5.82 Å². The number of nitriles is 1. The average Bonchev–Trinajstić information content (AvgIpc) is 2.72. The Bertz CT molecular complexity index is 457. The lowest BCUT2D eigenvalue weighted by molar-refractivity contribution is 0.141. The summed E-state index contributed by atoms with van der Waals surface area (Å²) >= 11 is 0. The van der Waals surface area contributed by atoms with Crippen LogP contribution in [-0.2, 0) is 0 Å². The lowest BCUT2D eigenvalue weighted by atomic mass is 10.3. The van der Waals surface area contributed by atoms with Gasteiger partial charge in [0.25, 0.3) is 0 Å². The van der Waals surface area contributed by atoms with Gasteiger partial charge in [0.2, 0.25) is 0 Å². The highest BCUT2D eigenvalue weighted by atomic mass is 16.3. The molecule has 1 unspecified atom stereocenters. The Labute approximate surface area is 114 Å². The third kappa shape index (κ3) is 3.43. The highest BCUT2D eigenvalue weighted by Gasteiger charge is 2.19. The Morgan fingerprint density at radius 1 is 1.37 bits per heavy atom. The molecular weight excluding hydrogens is 240 g/mol. The van der Waals surface area contributed by atoms with Crippen molar-refractivity contribution < 1.29 is 5.11 Å². The van der Waals surface area contributed by atoms with Crippen molar-refractivity contribution in [1.82, 2.24) is 9.88 Å². The maximum atomic E-state index is 9.23. The molecule has 0 saturated carbocycles. The summed E-state index contributed by atoms with van der Waals surface area (Å²) in [7, 11) is 0. The number of aromatic nitrogens is 1. The lowest BCUT2D eigenvalue weighted by Crippen LogP contribution is -2.38. The van der Waals surface area contributed by atoms with Crippen LogP contribution < -0.4 is 4.90 Å². The van der Waals surface area contributed by atoms with E-state index in [9.17, 15) is 5.11 Å². The SMILES string of the molecule is CC(CO)N1CCCN(c2cccc(C#N)n2)CC1. The van der Waals surface area contributed by atoms with Crippen molar-refractivity contribution in [3.05, 3.63) is 23.9 Å². The van der Waals surface area contributed by atoms with Gasteiger partial charge in [0.15, 0.2) is 0 Å². The van der Waals surface area contributed by atoms with Gasteiger partial charge in [-0.05, 0) is 25.5 Å². The van der Waals surface area contributed by atoms with E-state index >= 15 is 0 Å². The zero-order chi connectivity index (χ0) is 13.7. The van der Waals surface area contributed by atoms with E-state index in [2.05, 4.69) is 20.9 Å². The number of nitrogens with zero attached hydrogens (tertiary/aromatic N) is 4. The van der Waals surface area contributed by atoms with E-state index < -0.39 is 0 Å². The topological polar surface area (TPSA) is 63.4 Å². The third-order valence-corrected chi connectivity index (χ3v) is 3.59. The molecule has 1 aromatic heterocycles. The molecule has 5 nitrogen and oxygen atoms in total. The molecule has 1 aromatic rings. The number of hydrogen-bond acceptors (Lipinski definition) is 5. The first-order valence-corrected chi connectivity index (χ1v) is 6.71. The standard InChI is InChI=1S/C14H20N4O/c1-12(11-19)17-6-3-7-18(9-8-17)14-5-2-4-13(10-15)16-14/h2,4-5,12,19H,3,6-9,11H2,1H3. The Hall–Kier alpha value is -1.64. The van der Waals surface area contributed by atoms with Crippen molar-refractivity contribution in [2.24, 2.45) is 0 Å². The molecule has 0 aromatic carbocycles. The zero-order valence-corrected chi connectivity index (χ0v) is 11.3. The fraction of sp³-hybridized carbons (Fsp3) is 0.571. The van der Waals surface area contributed by atoms with Crippen LogP contribution in [0, 0.1) is 11.3 Å². The average molecular weight is 260 g/mol. The van der Waals surface area contributed by atoms with Crippen LogP contribution >= 0.6 is 0 Å². The van der Waals surface area contributed by atoms with Gasteiger partial charge in [0.05, 0.1) is 6.61 Å². The third-order valence-electron chi connectivity index (χ3n) is 3.59. The predicted octanol–water partition coefficient (Wildman–Crippen LogP) is 0.846. The molecule has 1 fully saturated rings. The number of rotatable bonds is 3. The normalized spacial score (nSPS) is 18.7. The number of pyridine rings is 1. The van der Waals surface area contributed by atoms with E-state index in [0.717, 1.165) is 38.4 Å². The summed E-state index contributed by atoms with van der Waals surface area (Å²) in [6, 6.07) is 7.83. The molecular formula is C14H20N4O. The molecule has 19 heavy (non-hydrogen) atoms. The molecule has 102 valence electrons. The van der Waals surface area contributed by atoms with Crippen LogP contribution in [0.5, 0.6) is 0 Å². The second kappa shape index (κ2) is 6.50. The Morgan fingerprint density at radius 3 is 2.95 bits per heavy atom. The molecule has 5 heteroatoms. The van der Waals surface area contributed by atoms with Crippen LogP contribution in [0.1, 0.15) is 19.0 Å². The first-order chi connectivity index (χ1) is 9.24. The summed E-state index contributed by atoms with van der Waals surface area (Å²) in [5.41, 5.74) is 0.460. The van der Waals surface area contributed by atoms with E-state index in [4.69, 9.17) is 5.26 Å². The van der Waals surface area contributed by atoms with Gasteiger partial charge in [-0.25, -0.2) is 4.98 Å². The molecule has 0 amide bonds. The molecule has 2 heterocycles. The molecule has 0 spiro atoms. The van der Waals surface area contributed by atoms with Crippen molar-refractivity contribution in [3.63, 3.8) is 0 Å². The monoisotopic (exact) mass is 260 g/mol. The number of hydrogen-bond donors (Lipinski definition) is 1. The summed E-state index contributed by atoms with van der Waals surface area (Å²) in [5.74, 6) is 0.873. The Morgan fingerprint density at radius 2 is 2.21 bits per heavy atom. The first-order valence-electron chi connectivity index (χ1n) is 6.71. The van der Waals surface area contributed by atoms with Gasteiger partial charge in [-0.3, -0.25) is 4.90 Å². The fourth-order valence-electron chi connectivity index (χ4n) is 2.38. The second-order valence-electron chi connectivity index (χ2n) is 4.90. The van der Waals surface area contributed by atoms with E-state index in [0.29, 0.717) is 5.69 Å². The maximum absolute atomic E-state index is 9.23. The van der Waals surface area contributed by atoms with Gasteiger partial charge in [0.1, 0.15) is 17.6 Å². The van der Waals surface area contributed by atoms with Gasteiger partial charge in [-0.1, -0.05) is 6.07 Å². The largest absolute Gasteiger partial charge is 0.395 e. The van der Waals surface area contributed by atoms with Gasteiger partial charge in [-0.2, -0.15) is 5.26 Å². The number of aliphatic hydroxyl groups excluding tert-OH is 1. The second-order valence-corrected chi connectivity index (χ2v) is 4.90. The van der Waals surface area contributed by atoms with E-state index in [1.165, 1.54) is 0 Å². The highest BCUT2D eigenvalue weighted by Crippen LogP contribution is 2.15. The quantitative estimate of drug-likeness (QED) is 0.872. The Kier molecular flexibility index (Phi) is 4.72. The predicted molar refractivity (Wildman–Crippen MR) is 73.9 cm³/mol. The molecule has 0 radical (unpaired) electrons. The van der Waals surface area contributed by atoms with E-state index in [1.54, 1.807) is 6.07 Å². The van der Waals surface area contributed by atoms with Crippen molar-refractivity contribution in [2.45, 2.75) is 19.4 Å². The van der Waals surface area contributed by atoms with E-state index in [-0.39, 0.29) is 12.6 Å². The van der Waals surface area contributed by atoms with Gasteiger partial charge < -0.3 is 10.0 Å².